The highest BCUT2D eigenvalue weighted by Gasteiger charge is 2.45. The lowest BCUT2D eigenvalue weighted by molar-refractivity contribution is 0.168. The summed E-state index contributed by atoms with van der Waals surface area (Å²) in [6.45, 7) is 5.11. The zero-order valence-electron chi connectivity index (χ0n) is 10.9. The fourth-order valence-corrected chi connectivity index (χ4v) is 3.00. The Hall–Kier alpha value is -1.13. The Morgan fingerprint density at radius 1 is 1.39 bits per heavy atom. The number of rotatable bonds is 5. The van der Waals surface area contributed by atoms with Crippen molar-refractivity contribution in [3.05, 3.63) is 23.4 Å². The molecule has 0 aromatic carbocycles. The molecule has 1 aliphatic carbocycles. The SMILES string of the molecule is CCc1nc(N2CC3CC3C2)ccc1CCNO. The summed E-state index contributed by atoms with van der Waals surface area (Å²) in [6, 6.07) is 4.30. The fraction of sp³-hybridized carbons (Fsp3) is 0.643. The lowest BCUT2D eigenvalue weighted by Gasteiger charge is -2.20. The molecule has 0 radical (unpaired) electrons. The van der Waals surface area contributed by atoms with E-state index in [0.29, 0.717) is 6.54 Å². The van der Waals surface area contributed by atoms with E-state index in [1.807, 2.05) is 0 Å². The highest BCUT2D eigenvalue weighted by molar-refractivity contribution is 5.44. The molecule has 1 saturated heterocycles. The Morgan fingerprint density at radius 2 is 2.17 bits per heavy atom. The molecule has 1 aromatic rings. The molecular weight excluding hydrogens is 226 g/mol. The summed E-state index contributed by atoms with van der Waals surface area (Å²) < 4.78 is 0. The van der Waals surface area contributed by atoms with Gasteiger partial charge in [0.2, 0.25) is 0 Å². The lowest BCUT2D eigenvalue weighted by Crippen LogP contribution is -2.23. The second-order valence-electron chi connectivity index (χ2n) is 5.45. The summed E-state index contributed by atoms with van der Waals surface area (Å²) in [5.41, 5.74) is 4.62. The molecule has 2 unspecified atom stereocenters. The third kappa shape index (κ3) is 2.22. The molecule has 0 spiro atoms. The van der Waals surface area contributed by atoms with Gasteiger partial charge in [-0.15, -0.1) is 0 Å². The highest BCUT2D eigenvalue weighted by Crippen LogP contribution is 2.45. The summed E-state index contributed by atoms with van der Waals surface area (Å²) in [7, 11) is 0. The molecule has 0 bridgehead atoms. The lowest BCUT2D eigenvalue weighted by atomic mass is 10.1. The van der Waals surface area contributed by atoms with Crippen molar-refractivity contribution in [2.45, 2.75) is 26.2 Å². The molecule has 0 amide bonds. The van der Waals surface area contributed by atoms with E-state index >= 15 is 0 Å². The van der Waals surface area contributed by atoms with E-state index in [-0.39, 0.29) is 0 Å². The molecule has 1 aromatic heterocycles. The van der Waals surface area contributed by atoms with Crippen LogP contribution in [0.1, 0.15) is 24.6 Å². The van der Waals surface area contributed by atoms with Crippen LogP contribution < -0.4 is 10.4 Å². The van der Waals surface area contributed by atoms with E-state index in [2.05, 4.69) is 29.4 Å². The van der Waals surface area contributed by atoms with Gasteiger partial charge in [0.1, 0.15) is 5.82 Å². The van der Waals surface area contributed by atoms with Crippen molar-refractivity contribution in [2.24, 2.45) is 11.8 Å². The molecule has 2 fully saturated rings. The first kappa shape index (κ1) is 11.9. The van der Waals surface area contributed by atoms with E-state index in [9.17, 15) is 0 Å². The number of aromatic nitrogens is 1. The normalized spacial score (nSPS) is 25.3. The average Bonchev–Trinajstić information content (AvgIpc) is 3.02. The Balaban J connectivity index is 1.75. The van der Waals surface area contributed by atoms with E-state index in [4.69, 9.17) is 10.2 Å². The number of fused-ring (bicyclic) bond motifs is 1. The maximum Gasteiger partial charge on any atom is 0.128 e. The number of hydrogen-bond acceptors (Lipinski definition) is 4. The number of piperidine rings is 1. The standard InChI is InChI=1S/C14H21N3O/c1-2-13-10(5-6-15-18)3-4-14(16-13)17-8-11-7-12(11)9-17/h3-4,11-12,15,18H,2,5-9H2,1H3. The number of aryl methyl sites for hydroxylation is 1. The Bertz CT molecular complexity index is 425. The van der Waals surface area contributed by atoms with Gasteiger partial charge in [-0.25, -0.2) is 10.5 Å². The molecule has 4 nitrogen and oxygen atoms in total. The number of hydrogen-bond donors (Lipinski definition) is 2. The van der Waals surface area contributed by atoms with Crippen molar-refractivity contribution in [2.75, 3.05) is 24.5 Å². The number of nitrogens with zero attached hydrogens (tertiary/aromatic N) is 2. The van der Waals surface area contributed by atoms with Crippen molar-refractivity contribution in [3.63, 3.8) is 0 Å². The Kier molecular flexibility index (Phi) is 3.22. The number of anilines is 1. The van der Waals surface area contributed by atoms with Gasteiger partial charge in [-0.2, -0.15) is 0 Å². The van der Waals surface area contributed by atoms with Crippen LogP contribution in [0.4, 0.5) is 5.82 Å². The minimum atomic E-state index is 0.585. The molecule has 2 heterocycles. The zero-order valence-corrected chi connectivity index (χ0v) is 10.9. The van der Waals surface area contributed by atoms with Crippen LogP contribution in [0.5, 0.6) is 0 Å². The molecule has 98 valence electrons. The van der Waals surface area contributed by atoms with Crippen LogP contribution in [0.2, 0.25) is 0 Å². The average molecular weight is 247 g/mol. The molecule has 2 atom stereocenters. The van der Waals surface area contributed by atoms with Crippen molar-refractivity contribution in [1.82, 2.24) is 10.5 Å². The van der Waals surface area contributed by atoms with Crippen LogP contribution in [-0.4, -0.2) is 29.8 Å². The van der Waals surface area contributed by atoms with Gasteiger partial charge >= 0.3 is 0 Å². The molecule has 1 aliphatic heterocycles. The van der Waals surface area contributed by atoms with Crippen molar-refractivity contribution in [1.29, 1.82) is 0 Å². The van der Waals surface area contributed by atoms with Gasteiger partial charge in [0, 0.05) is 25.3 Å². The number of pyridine rings is 1. The van der Waals surface area contributed by atoms with Gasteiger partial charge in [-0.3, -0.25) is 0 Å². The minimum Gasteiger partial charge on any atom is -0.356 e. The van der Waals surface area contributed by atoms with Gasteiger partial charge in [0.15, 0.2) is 0 Å². The first-order chi connectivity index (χ1) is 8.81. The monoisotopic (exact) mass is 247 g/mol. The fourth-order valence-electron chi connectivity index (χ4n) is 3.00. The predicted octanol–water partition coefficient (Wildman–Crippen LogP) is 1.62. The van der Waals surface area contributed by atoms with Gasteiger partial charge < -0.3 is 10.1 Å². The van der Waals surface area contributed by atoms with E-state index in [0.717, 1.165) is 30.5 Å². The first-order valence-electron chi connectivity index (χ1n) is 6.92. The third-order valence-corrected chi connectivity index (χ3v) is 4.20. The van der Waals surface area contributed by atoms with Gasteiger partial charge in [-0.1, -0.05) is 13.0 Å². The Labute approximate surface area is 108 Å². The molecule has 2 N–H and O–H groups in total. The summed E-state index contributed by atoms with van der Waals surface area (Å²) in [4.78, 5) is 7.22. The van der Waals surface area contributed by atoms with Gasteiger partial charge in [0.05, 0.1) is 0 Å². The third-order valence-electron chi connectivity index (χ3n) is 4.20. The highest BCUT2D eigenvalue weighted by atomic mass is 16.5. The van der Waals surface area contributed by atoms with Crippen LogP contribution in [0.15, 0.2) is 12.1 Å². The van der Waals surface area contributed by atoms with Crippen molar-refractivity contribution < 1.29 is 5.21 Å². The van der Waals surface area contributed by atoms with Crippen LogP contribution in [0, 0.1) is 11.8 Å². The molecule has 18 heavy (non-hydrogen) atoms. The topological polar surface area (TPSA) is 48.4 Å². The molecule has 2 aliphatic rings. The van der Waals surface area contributed by atoms with E-state index in [1.54, 1.807) is 0 Å². The Morgan fingerprint density at radius 3 is 2.83 bits per heavy atom. The van der Waals surface area contributed by atoms with Crippen LogP contribution >= 0.6 is 0 Å². The van der Waals surface area contributed by atoms with Gasteiger partial charge in [-0.05, 0) is 42.7 Å². The van der Waals surface area contributed by atoms with Gasteiger partial charge in [0.25, 0.3) is 0 Å². The number of hydroxylamine groups is 1. The smallest absolute Gasteiger partial charge is 0.128 e. The maximum absolute atomic E-state index is 8.67. The molecule has 4 heteroatoms. The summed E-state index contributed by atoms with van der Waals surface area (Å²) in [6.07, 6.45) is 3.21. The second kappa shape index (κ2) is 4.86. The quantitative estimate of drug-likeness (QED) is 0.776. The second-order valence-corrected chi connectivity index (χ2v) is 5.45. The minimum absolute atomic E-state index is 0.585. The molecule has 3 rings (SSSR count). The maximum atomic E-state index is 8.67. The largest absolute Gasteiger partial charge is 0.356 e. The number of nitrogens with one attached hydrogen (secondary N) is 1. The van der Waals surface area contributed by atoms with Crippen molar-refractivity contribution in [3.8, 4) is 0 Å². The van der Waals surface area contributed by atoms with E-state index in [1.165, 1.54) is 30.8 Å². The van der Waals surface area contributed by atoms with Crippen LogP contribution in [-0.2, 0) is 12.8 Å². The van der Waals surface area contributed by atoms with Crippen molar-refractivity contribution >= 4 is 5.82 Å². The molecule has 1 saturated carbocycles. The summed E-state index contributed by atoms with van der Waals surface area (Å²) in [5, 5.41) is 8.67. The van der Waals surface area contributed by atoms with Crippen LogP contribution in [0.25, 0.3) is 0 Å². The first-order valence-corrected chi connectivity index (χ1v) is 6.92. The predicted molar refractivity (Wildman–Crippen MR) is 70.9 cm³/mol. The van der Waals surface area contributed by atoms with E-state index < -0.39 is 0 Å². The van der Waals surface area contributed by atoms with Crippen LogP contribution in [0.3, 0.4) is 0 Å². The zero-order chi connectivity index (χ0) is 12.5. The summed E-state index contributed by atoms with van der Waals surface area (Å²) in [5.74, 6) is 3.02. The summed E-state index contributed by atoms with van der Waals surface area (Å²) >= 11 is 0. The molecular formula is C14H21N3O.